The standard InChI is InChI=1S/C14H17N3O/c1-2-4-14-12(3-1)13(6-8-18-14)16-7-5-11-9-15-10-17-11/h1-4,9-10,13,16H,5-8H2,(H,15,17). The van der Waals surface area contributed by atoms with E-state index in [1.165, 1.54) is 11.3 Å². The van der Waals surface area contributed by atoms with Gasteiger partial charge in [0.05, 0.1) is 12.9 Å². The molecule has 0 amide bonds. The summed E-state index contributed by atoms with van der Waals surface area (Å²) in [4.78, 5) is 7.14. The van der Waals surface area contributed by atoms with Crippen LogP contribution in [0.2, 0.25) is 0 Å². The van der Waals surface area contributed by atoms with Gasteiger partial charge in [-0.15, -0.1) is 0 Å². The summed E-state index contributed by atoms with van der Waals surface area (Å²) in [5.74, 6) is 1.02. The summed E-state index contributed by atoms with van der Waals surface area (Å²) in [5, 5.41) is 3.59. The average Bonchev–Trinajstić information content (AvgIpc) is 2.92. The fourth-order valence-corrected chi connectivity index (χ4v) is 2.36. The number of aromatic nitrogens is 2. The Bertz CT molecular complexity index is 496. The molecule has 0 saturated carbocycles. The Hall–Kier alpha value is -1.81. The third-order valence-electron chi connectivity index (χ3n) is 3.30. The molecule has 18 heavy (non-hydrogen) atoms. The van der Waals surface area contributed by atoms with Crippen molar-refractivity contribution >= 4 is 0 Å². The molecule has 4 heteroatoms. The van der Waals surface area contributed by atoms with Gasteiger partial charge in [0, 0.05) is 42.9 Å². The lowest BCUT2D eigenvalue weighted by molar-refractivity contribution is 0.253. The largest absolute Gasteiger partial charge is 0.493 e. The third-order valence-corrected chi connectivity index (χ3v) is 3.30. The minimum atomic E-state index is 0.401. The lowest BCUT2D eigenvalue weighted by Gasteiger charge is -2.26. The number of nitrogens with one attached hydrogen (secondary N) is 2. The maximum absolute atomic E-state index is 5.65. The molecule has 3 rings (SSSR count). The van der Waals surface area contributed by atoms with Crippen LogP contribution in [0.3, 0.4) is 0 Å². The first-order valence-corrected chi connectivity index (χ1v) is 6.36. The summed E-state index contributed by atoms with van der Waals surface area (Å²) in [6.07, 6.45) is 5.60. The summed E-state index contributed by atoms with van der Waals surface area (Å²) in [6.45, 7) is 1.74. The Morgan fingerprint density at radius 3 is 3.22 bits per heavy atom. The van der Waals surface area contributed by atoms with E-state index in [0.29, 0.717) is 6.04 Å². The number of hydrogen-bond donors (Lipinski definition) is 2. The van der Waals surface area contributed by atoms with Crippen LogP contribution in [0.1, 0.15) is 23.7 Å². The predicted octanol–water partition coefficient (Wildman–Crippen LogP) is 2.07. The molecule has 1 aliphatic heterocycles. The maximum Gasteiger partial charge on any atom is 0.124 e. The number of H-pyrrole nitrogens is 1. The van der Waals surface area contributed by atoms with Gasteiger partial charge in [-0.1, -0.05) is 18.2 Å². The van der Waals surface area contributed by atoms with E-state index in [2.05, 4.69) is 27.4 Å². The van der Waals surface area contributed by atoms with Crippen LogP contribution in [-0.4, -0.2) is 23.1 Å². The molecule has 0 fully saturated rings. The van der Waals surface area contributed by atoms with Gasteiger partial charge in [0.1, 0.15) is 5.75 Å². The Morgan fingerprint density at radius 2 is 2.33 bits per heavy atom. The number of para-hydroxylation sites is 1. The van der Waals surface area contributed by atoms with E-state index in [1.54, 1.807) is 6.33 Å². The monoisotopic (exact) mass is 243 g/mol. The van der Waals surface area contributed by atoms with Crippen molar-refractivity contribution in [2.75, 3.05) is 13.2 Å². The first kappa shape index (κ1) is 11.3. The molecule has 0 saturated heterocycles. The maximum atomic E-state index is 5.65. The summed E-state index contributed by atoms with van der Waals surface area (Å²) >= 11 is 0. The zero-order valence-electron chi connectivity index (χ0n) is 10.2. The minimum absolute atomic E-state index is 0.401. The smallest absolute Gasteiger partial charge is 0.124 e. The van der Waals surface area contributed by atoms with Crippen LogP contribution in [0, 0.1) is 0 Å². The number of benzene rings is 1. The first-order valence-electron chi connectivity index (χ1n) is 6.36. The fourth-order valence-electron chi connectivity index (χ4n) is 2.36. The highest BCUT2D eigenvalue weighted by atomic mass is 16.5. The van der Waals surface area contributed by atoms with Crippen molar-refractivity contribution in [1.29, 1.82) is 0 Å². The number of fused-ring (bicyclic) bond motifs is 1. The molecule has 1 atom stereocenters. The lowest BCUT2D eigenvalue weighted by atomic mass is 10.0. The molecule has 2 N–H and O–H groups in total. The number of rotatable bonds is 4. The van der Waals surface area contributed by atoms with E-state index in [-0.39, 0.29) is 0 Å². The molecule has 0 radical (unpaired) electrons. The molecule has 1 aromatic heterocycles. The van der Waals surface area contributed by atoms with E-state index in [0.717, 1.165) is 31.7 Å². The number of hydrogen-bond acceptors (Lipinski definition) is 3. The van der Waals surface area contributed by atoms with Crippen LogP contribution in [0.25, 0.3) is 0 Å². The number of imidazole rings is 1. The van der Waals surface area contributed by atoms with Gasteiger partial charge in [-0.25, -0.2) is 4.98 Å². The van der Waals surface area contributed by atoms with Crippen molar-refractivity contribution in [3.8, 4) is 5.75 Å². The van der Waals surface area contributed by atoms with Crippen molar-refractivity contribution in [3.63, 3.8) is 0 Å². The molecule has 4 nitrogen and oxygen atoms in total. The molecule has 0 aliphatic carbocycles. The van der Waals surface area contributed by atoms with Gasteiger partial charge in [-0.3, -0.25) is 0 Å². The van der Waals surface area contributed by atoms with Crippen LogP contribution >= 0.6 is 0 Å². The van der Waals surface area contributed by atoms with Crippen LogP contribution < -0.4 is 10.1 Å². The van der Waals surface area contributed by atoms with Gasteiger partial charge < -0.3 is 15.0 Å². The van der Waals surface area contributed by atoms with Crippen LogP contribution in [0.5, 0.6) is 5.75 Å². The van der Waals surface area contributed by atoms with Gasteiger partial charge in [0.15, 0.2) is 0 Å². The lowest BCUT2D eigenvalue weighted by Crippen LogP contribution is -2.28. The van der Waals surface area contributed by atoms with Gasteiger partial charge in [0.2, 0.25) is 0 Å². The molecule has 0 bridgehead atoms. The van der Waals surface area contributed by atoms with Crippen molar-refractivity contribution < 1.29 is 4.74 Å². The number of aromatic amines is 1. The van der Waals surface area contributed by atoms with E-state index < -0.39 is 0 Å². The highest BCUT2D eigenvalue weighted by molar-refractivity contribution is 5.37. The summed E-state index contributed by atoms with van der Waals surface area (Å²) < 4.78 is 5.65. The van der Waals surface area contributed by atoms with Gasteiger partial charge in [-0.05, 0) is 6.07 Å². The number of nitrogens with zero attached hydrogens (tertiary/aromatic N) is 1. The molecule has 2 aromatic rings. The van der Waals surface area contributed by atoms with E-state index in [4.69, 9.17) is 4.74 Å². The van der Waals surface area contributed by atoms with Gasteiger partial charge >= 0.3 is 0 Å². The second-order valence-electron chi connectivity index (χ2n) is 4.51. The second-order valence-corrected chi connectivity index (χ2v) is 4.51. The van der Waals surface area contributed by atoms with Crippen LogP contribution in [0.4, 0.5) is 0 Å². The summed E-state index contributed by atoms with van der Waals surface area (Å²) in [7, 11) is 0. The Balaban J connectivity index is 1.60. The number of ether oxygens (including phenoxy) is 1. The van der Waals surface area contributed by atoms with E-state index in [9.17, 15) is 0 Å². The van der Waals surface area contributed by atoms with Gasteiger partial charge in [0.25, 0.3) is 0 Å². The van der Waals surface area contributed by atoms with Crippen LogP contribution in [-0.2, 0) is 6.42 Å². The zero-order valence-corrected chi connectivity index (χ0v) is 10.2. The first-order chi connectivity index (χ1) is 8.93. The average molecular weight is 243 g/mol. The molecular weight excluding hydrogens is 226 g/mol. The Morgan fingerprint density at radius 1 is 1.39 bits per heavy atom. The van der Waals surface area contributed by atoms with Crippen molar-refractivity contribution in [2.24, 2.45) is 0 Å². The van der Waals surface area contributed by atoms with Crippen molar-refractivity contribution in [1.82, 2.24) is 15.3 Å². The summed E-state index contributed by atoms with van der Waals surface area (Å²) in [6, 6.07) is 8.67. The Kier molecular flexibility index (Phi) is 3.28. The molecular formula is C14H17N3O. The summed E-state index contributed by atoms with van der Waals surface area (Å²) in [5.41, 5.74) is 2.44. The highest BCUT2D eigenvalue weighted by Crippen LogP contribution is 2.31. The third kappa shape index (κ3) is 2.38. The quantitative estimate of drug-likeness (QED) is 0.864. The van der Waals surface area contributed by atoms with Crippen molar-refractivity contribution in [3.05, 3.63) is 48.0 Å². The zero-order chi connectivity index (χ0) is 12.2. The molecule has 1 aromatic carbocycles. The topological polar surface area (TPSA) is 49.9 Å². The predicted molar refractivity (Wildman–Crippen MR) is 69.6 cm³/mol. The normalized spacial score (nSPS) is 18.1. The Labute approximate surface area is 106 Å². The molecule has 1 unspecified atom stereocenters. The molecule has 2 heterocycles. The van der Waals surface area contributed by atoms with E-state index >= 15 is 0 Å². The van der Waals surface area contributed by atoms with Crippen LogP contribution in [0.15, 0.2) is 36.8 Å². The minimum Gasteiger partial charge on any atom is -0.493 e. The SMILES string of the molecule is c1ccc2c(c1)OCCC2NCCc1cnc[nH]1. The van der Waals surface area contributed by atoms with Crippen molar-refractivity contribution in [2.45, 2.75) is 18.9 Å². The second kappa shape index (κ2) is 5.23. The molecule has 0 spiro atoms. The van der Waals surface area contributed by atoms with Gasteiger partial charge in [-0.2, -0.15) is 0 Å². The van der Waals surface area contributed by atoms with E-state index in [1.807, 2.05) is 18.3 Å². The molecule has 94 valence electrons. The fraction of sp³-hybridized carbons (Fsp3) is 0.357. The molecule has 1 aliphatic rings. The highest BCUT2D eigenvalue weighted by Gasteiger charge is 2.19.